The molecule has 1 aliphatic rings. The third kappa shape index (κ3) is 4.59. The summed E-state index contributed by atoms with van der Waals surface area (Å²) in [5, 5.41) is 11.3. The summed E-state index contributed by atoms with van der Waals surface area (Å²) in [5.74, 6) is -0.0642. The molecular formula is C20H27NO3S. The molecule has 25 heavy (non-hydrogen) atoms. The van der Waals surface area contributed by atoms with E-state index in [2.05, 4.69) is 4.99 Å². The summed E-state index contributed by atoms with van der Waals surface area (Å²) in [5.41, 5.74) is 0.0108. The number of thioether (sulfide) groups is 1. The van der Waals surface area contributed by atoms with Gasteiger partial charge in [0.15, 0.2) is 4.93 Å². The van der Waals surface area contributed by atoms with Gasteiger partial charge in [-0.05, 0) is 12.1 Å². The highest BCUT2D eigenvalue weighted by Crippen LogP contribution is 2.46. The SMILES string of the molecule is CC(C)(C)C(=O)CC1=Nc2ccccc2SC1(O)CC(=O)C(C)(C)C. The number of fused-ring (bicyclic) bond motifs is 1. The minimum Gasteiger partial charge on any atom is -0.373 e. The van der Waals surface area contributed by atoms with Crippen LogP contribution in [0.25, 0.3) is 0 Å². The summed E-state index contributed by atoms with van der Waals surface area (Å²) in [4.78, 5) is 29.0. The van der Waals surface area contributed by atoms with E-state index in [9.17, 15) is 14.7 Å². The Hall–Kier alpha value is -1.46. The quantitative estimate of drug-likeness (QED) is 0.853. The number of rotatable bonds is 4. The van der Waals surface area contributed by atoms with E-state index in [-0.39, 0.29) is 24.4 Å². The maximum atomic E-state index is 12.6. The molecule has 0 radical (unpaired) electrons. The number of hydrogen-bond acceptors (Lipinski definition) is 5. The Labute approximate surface area is 154 Å². The van der Waals surface area contributed by atoms with Gasteiger partial charge >= 0.3 is 0 Å². The van der Waals surface area contributed by atoms with E-state index in [1.807, 2.05) is 65.8 Å². The fourth-order valence-corrected chi connectivity index (χ4v) is 3.49. The van der Waals surface area contributed by atoms with E-state index in [0.717, 1.165) is 10.6 Å². The number of carbonyl (C=O) groups is 2. The van der Waals surface area contributed by atoms with Gasteiger partial charge in [-0.2, -0.15) is 0 Å². The molecule has 0 aliphatic carbocycles. The van der Waals surface area contributed by atoms with E-state index in [1.54, 1.807) is 0 Å². The number of aliphatic hydroxyl groups is 1. The smallest absolute Gasteiger partial charge is 0.160 e. The van der Waals surface area contributed by atoms with Crippen molar-refractivity contribution in [2.45, 2.75) is 64.2 Å². The number of benzene rings is 1. The second-order valence-electron chi connectivity index (χ2n) is 8.61. The summed E-state index contributed by atoms with van der Waals surface area (Å²) in [6.07, 6.45) is -0.0233. The third-order valence-electron chi connectivity index (χ3n) is 4.25. The predicted octanol–water partition coefficient (Wildman–Crippen LogP) is 4.56. The van der Waals surface area contributed by atoms with Gasteiger partial charge in [-0.25, -0.2) is 0 Å². The second kappa shape index (κ2) is 6.69. The molecule has 1 aromatic carbocycles. The van der Waals surface area contributed by atoms with Crippen molar-refractivity contribution in [3.63, 3.8) is 0 Å². The fourth-order valence-electron chi connectivity index (χ4n) is 2.33. The van der Waals surface area contributed by atoms with Gasteiger partial charge in [0.2, 0.25) is 0 Å². The summed E-state index contributed by atoms with van der Waals surface area (Å²) >= 11 is 1.22. The van der Waals surface area contributed by atoms with Gasteiger partial charge in [-0.3, -0.25) is 14.6 Å². The third-order valence-corrected chi connectivity index (χ3v) is 5.53. The van der Waals surface area contributed by atoms with Crippen LogP contribution in [0.15, 0.2) is 34.2 Å². The zero-order valence-electron chi connectivity index (χ0n) is 15.8. The molecule has 0 amide bonds. The van der Waals surface area contributed by atoms with Crippen LogP contribution in [0.2, 0.25) is 0 Å². The average Bonchev–Trinajstić information content (AvgIpc) is 2.45. The monoisotopic (exact) mass is 361 g/mol. The first kappa shape index (κ1) is 19.9. The van der Waals surface area contributed by atoms with Crippen molar-refractivity contribution >= 4 is 34.7 Å². The van der Waals surface area contributed by atoms with Crippen LogP contribution in [0.5, 0.6) is 0 Å². The van der Waals surface area contributed by atoms with E-state index >= 15 is 0 Å². The first-order valence-electron chi connectivity index (χ1n) is 8.48. The van der Waals surface area contributed by atoms with Crippen LogP contribution in [-0.4, -0.2) is 27.3 Å². The van der Waals surface area contributed by atoms with Gasteiger partial charge in [-0.15, -0.1) is 0 Å². The first-order valence-corrected chi connectivity index (χ1v) is 9.30. The molecule has 0 bridgehead atoms. The predicted molar refractivity (Wildman–Crippen MR) is 103 cm³/mol. The molecule has 1 aromatic rings. The molecule has 4 nitrogen and oxygen atoms in total. The van der Waals surface area contributed by atoms with E-state index in [4.69, 9.17) is 0 Å². The van der Waals surface area contributed by atoms with Crippen LogP contribution in [0, 0.1) is 10.8 Å². The molecule has 1 aliphatic heterocycles. The zero-order chi connectivity index (χ0) is 19.0. The van der Waals surface area contributed by atoms with Crippen molar-refractivity contribution in [1.82, 2.24) is 0 Å². The second-order valence-corrected chi connectivity index (χ2v) is 9.93. The normalized spacial score (nSPS) is 20.7. The summed E-state index contributed by atoms with van der Waals surface area (Å²) < 4.78 is 0. The van der Waals surface area contributed by atoms with Gasteiger partial charge in [0, 0.05) is 22.1 Å². The van der Waals surface area contributed by atoms with Crippen molar-refractivity contribution in [2.24, 2.45) is 15.8 Å². The minimum atomic E-state index is -1.49. The Morgan fingerprint density at radius 1 is 1.04 bits per heavy atom. The minimum absolute atomic E-state index is 0.00661. The maximum absolute atomic E-state index is 12.6. The highest BCUT2D eigenvalue weighted by atomic mass is 32.2. The molecule has 1 unspecified atom stereocenters. The number of nitrogens with zero attached hydrogens (tertiary/aromatic N) is 1. The summed E-state index contributed by atoms with van der Waals surface area (Å²) in [7, 11) is 0. The van der Waals surface area contributed by atoms with Gasteiger partial charge in [0.1, 0.15) is 11.6 Å². The number of para-hydroxylation sites is 1. The molecule has 0 aromatic heterocycles. The lowest BCUT2D eigenvalue weighted by Crippen LogP contribution is -2.43. The lowest BCUT2D eigenvalue weighted by atomic mass is 9.83. The van der Waals surface area contributed by atoms with Crippen molar-refractivity contribution in [1.29, 1.82) is 0 Å². The number of ketones is 2. The highest BCUT2D eigenvalue weighted by molar-refractivity contribution is 8.01. The fraction of sp³-hybridized carbons (Fsp3) is 0.550. The van der Waals surface area contributed by atoms with E-state index in [0.29, 0.717) is 5.71 Å². The van der Waals surface area contributed by atoms with Crippen LogP contribution in [0.1, 0.15) is 54.4 Å². The molecule has 0 saturated heterocycles. The molecule has 1 heterocycles. The topological polar surface area (TPSA) is 66.7 Å². The van der Waals surface area contributed by atoms with Gasteiger partial charge in [-0.1, -0.05) is 65.4 Å². The maximum Gasteiger partial charge on any atom is 0.160 e. The molecule has 0 saturated carbocycles. The largest absolute Gasteiger partial charge is 0.373 e. The Bertz CT molecular complexity index is 725. The number of hydrogen-bond donors (Lipinski definition) is 1. The summed E-state index contributed by atoms with van der Waals surface area (Å²) in [6, 6.07) is 7.48. The first-order chi connectivity index (χ1) is 11.3. The standard InChI is InChI=1S/C20H27NO3S/c1-18(2,3)16(22)11-15-20(24,12-17(23)19(4,5)6)25-14-10-8-7-9-13(14)21-15/h7-10,24H,11-12H2,1-6H3. The Morgan fingerprint density at radius 2 is 1.60 bits per heavy atom. The molecule has 1 atom stereocenters. The average molecular weight is 362 g/mol. The van der Waals surface area contributed by atoms with Gasteiger partial charge in [0.25, 0.3) is 0 Å². The number of aliphatic imine (C=N–C) groups is 1. The highest BCUT2D eigenvalue weighted by Gasteiger charge is 2.43. The van der Waals surface area contributed by atoms with Crippen molar-refractivity contribution < 1.29 is 14.7 Å². The van der Waals surface area contributed by atoms with E-state index < -0.39 is 15.8 Å². The molecule has 136 valence electrons. The van der Waals surface area contributed by atoms with Gasteiger partial charge in [0.05, 0.1) is 17.8 Å². The molecule has 2 rings (SSSR count). The van der Waals surface area contributed by atoms with Crippen molar-refractivity contribution in [3.8, 4) is 0 Å². The molecule has 1 N–H and O–H groups in total. The van der Waals surface area contributed by atoms with Crippen molar-refractivity contribution in [2.75, 3.05) is 0 Å². The Morgan fingerprint density at radius 3 is 2.16 bits per heavy atom. The van der Waals surface area contributed by atoms with Crippen LogP contribution >= 0.6 is 11.8 Å². The Balaban J connectivity index is 2.42. The lowest BCUT2D eigenvalue weighted by molar-refractivity contribution is -0.128. The molecular weight excluding hydrogens is 334 g/mol. The molecule has 0 fully saturated rings. The van der Waals surface area contributed by atoms with Crippen LogP contribution in [0.3, 0.4) is 0 Å². The van der Waals surface area contributed by atoms with Crippen LogP contribution < -0.4 is 0 Å². The lowest BCUT2D eigenvalue weighted by Gasteiger charge is -2.35. The van der Waals surface area contributed by atoms with Crippen LogP contribution in [0.4, 0.5) is 5.69 Å². The zero-order valence-corrected chi connectivity index (χ0v) is 16.7. The van der Waals surface area contributed by atoms with Crippen molar-refractivity contribution in [3.05, 3.63) is 24.3 Å². The number of Topliss-reactive ketones (excluding diaryl/α,β-unsaturated/α-hetero) is 2. The van der Waals surface area contributed by atoms with Crippen LogP contribution in [-0.2, 0) is 9.59 Å². The number of carbonyl (C=O) groups excluding carboxylic acids is 2. The molecule has 5 heteroatoms. The van der Waals surface area contributed by atoms with E-state index in [1.165, 1.54) is 11.8 Å². The molecule has 0 spiro atoms. The summed E-state index contributed by atoms with van der Waals surface area (Å²) in [6.45, 7) is 11.0. The van der Waals surface area contributed by atoms with Gasteiger partial charge < -0.3 is 5.11 Å². The Kier molecular flexibility index (Phi) is 5.31.